The van der Waals surface area contributed by atoms with E-state index in [1.54, 1.807) is 11.3 Å². The highest BCUT2D eigenvalue weighted by Gasteiger charge is 2.07. The number of nitrogens with zero attached hydrogens (tertiary/aromatic N) is 2. The molecule has 14 heavy (non-hydrogen) atoms. The third-order valence-electron chi connectivity index (χ3n) is 1.68. The third-order valence-corrected chi connectivity index (χ3v) is 2.41. The van der Waals surface area contributed by atoms with Gasteiger partial charge in [-0.25, -0.2) is 0 Å². The minimum absolute atomic E-state index is 0.218. The lowest BCUT2D eigenvalue weighted by Crippen LogP contribution is -2.22. The van der Waals surface area contributed by atoms with Crippen LogP contribution in [0.1, 0.15) is 16.1 Å². The number of H-pyrrole nitrogens is 1. The van der Waals surface area contributed by atoms with Gasteiger partial charge in [0.05, 0.1) is 6.20 Å². The molecule has 2 aromatic heterocycles. The molecule has 6 heteroatoms. The van der Waals surface area contributed by atoms with Crippen LogP contribution in [0.2, 0.25) is 0 Å². The lowest BCUT2D eigenvalue weighted by molar-refractivity contribution is 0.0946. The molecule has 0 aliphatic heterocycles. The Morgan fingerprint density at radius 2 is 2.57 bits per heavy atom. The maximum atomic E-state index is 11.4. The van der Waals surface area contributed by atoms with Crippen molar-refractivity contribution in [2.24, 2.45) is 0 Å². The summed E-state index contributed by atoms with van der Waals surface area (Å²) >= 11 is 1.60. The van der Waals surface area contributed by atoms with Crippen LogP contribution in [0.4, 0.5) is 0 Å². The van der Waals surface area contributed by atoms with E-state index in [0.29, 0.717) is 12.2 Å². The molecule has 0 fully saturated rings. The monoisotopic (exact) mass is 208 g/mol. The van der Waals surface area contributed by atoms with Crippen molar-refractivity contribution in [1.82, 2.24) is 20.7 Å². The summed E-state index contributed by atoms with van der Waals surface area (Å²) in [4.78, 5) is 11.4. The fraction of sp³-hybridized carbons (Fsp3) is 0.125. The van der Waals surface area contributed by atoms with Crippen molar-refractivity contribution in [3.63, 3.8) is 0 Å². The molecule has 0 bridgehead atoms. The number of carbonyl (C=O) groups is 1. The standard InChI is InChI=1S/C8H8N4OS/c13-8(7-4-10-12-11-7)9-3-6-1-2-14-5-6/h1-2,4-5H,3H2,(H,9,13)(H,10,11,12). The predicted octanol–water partition coefficient (Wildman–Crippen LogP) is 0.796. The fourth-order valence-electron chi connectivity index (χ4n) is 0.977. The highest BCUT2D eigenvalue weighted by Crippen LogP contribution is 2.05. The predicted molar refractivity (Wildman–Crippen MR) is 51.9 cm³/mol. The number of thiophene rings is 1. The number of amides is 1. The molecule has 0 spiro atoms. The molecule has 2 heterocycles. The van der Waals surface area contributed by atoms with Gasteiger partial charge in [0.2, 0.25) is 0 Å². The molecule has 0 saturated heterocycles. The molecule has 0 unspecified atom stereocenters. The Morgan fingerprint density at radius 1 is 1.64 bits per heavy atom. The number of carbonyl (C=O) groups excluding carboxylic acids is 1. The topological polar surface area (TPSA) is 70.7 Å². The van der Waals surface area contributed by atoms with Gasteiger partial charge in [-0.1, -0.05) is 0 Å². The summed E-state index contributed by atoms with van der Waals surface area (Å²) in [5.41, 5.74) is 1.40. The molecule has 5 nitrogen and oxygen atoms in total. The maximum Gasteiger partial charge on any atom is 0.273 e. The van der Waals surface area contributed by atoms with Gasteiger partial charge in [0.25, 0.3) is 5.91 Å². The van der Waals surface area contributed by atoms with Crippen LogP contribution in [0.25, 0.3) is 0 Å². The van der Waals surface area contributed by atoms with Crippen molar-refractivity contribution in [2.45, 2.75) is 6.54 Å². The molecule has 0 radical (unpaired) electrons. The fourth-order valence-corrected chi connectivity index (χ4v) is 1.65. The quantitative estimate of drug-likeness (QED) is 0.783. The number of hydrogen-bond acceptors (Lipinski definition) is 4. The average Bonchev–Trinajstić information content (AvgIpc) is 2.87. The molecule has 0 aliphatic rings. The Morgan fingerprint density at radius 3 is 3.21 bits per heavy atom. The van der Waals surface area contributed by atoms with Crippen LogP contribution in [-0.4, -0.2) is 21.3 Å². The van der Waals surface area contributed by atoms with Crippen LogP contribution >= 0.6 is 11.3 Å². The zero-order valence-corrected chi connectivity index (χ0v) is 8.04. The van der Waals surface area contributed by atoms with Gasteiger partial charge in [0.1, 0.15) is 0 Å². The van der Waals surface area contributed by atoms with Crippen molar-refractivity contribution < 1.29 is 4.79 Å². The molecule has 2 aromatic rings. The normalized spacial score (nSPS) is 10.0. The van der Waals surface area contributed by atoms with E-state index >= 15 is 0 Å². The largest absolute Gasteiger partial charge is 0.346 e. The van der Waals surface area contributed by atoms with Gasteiger partial charge in [0.15, 0.2) is 5.69 Å². The van der Waals surface area contributed by atoms with Crippen molar-refractivity contribution in [3.05, 3.63) is 34.3 Å². The van der Waals surface area contributed by atoms with Gasteiger partial charge in [-0.3, -0.25) is 4.79 Å². The third kappa shape index (κ3) is 1.97. The highest BCUT2D eigenvalue weighted by molar-refractivity contribution is 7.07. The first kappa shape index (κ1) is 8.89. The van der Waals surface area contributed by atoms with Gasteiger partial charge in [-0.2, -0.15) is 26.7 Å². The summed E-state index contributed by atoms with van der Waals surface area (Å²) in [7, 11) is 0. The lowest BCUT2D eigenvalue weighted by atomic mass is 10.3. The molecule has 1 amide bonds. The van der Waals surface area contributed by atoms with Crippen LogP contribution in [0.15, 0.2) is 23.0 Å². The number of hydrogen-bond donors (Lipinski definition) is 2. The lowest BCUT2D eigenvalue weighted by Gasteiger charge is -1.99. The van der Waals surface area contributed by atoms with Gasteiger partial charge < -0.3 is 5.32 Å². The number of aromatic nitrogens is 3. The van der Waals surface area contributed by atoms with Crippen LogP contribution in [0.5, 0.6) is 0 Å². The molecule has 2 N–H and O–H groups in total. The van der Waals surface area contributed by atoms with E-state index in [2.05, 4.69) is 20.7 Å². The first-order valence-electron chi connectivity index (χ1n) is 4.01. The molecular weight excluding hydrogens is 200 g/mol. The van der Waals surface area contributed by atoms with Crippen LogP contribution in [0, 0.1) is 0 Å². The molecule has 72 valence electrons. The average molecular weight is 208 g/mol. The number of rotatable bonds is 3. The second-order valence-electron chi connectivity index (χ2n) is 2.67. The first-order valence-corrected chi connectivity index (χ1v) is 4.95. The maximum absolute atomic E-state index is 11.4. The minimum atomic E-state index is -0.218. The molecule has 2 rings (SSSR count). The van der Waals surface area contributed by atoms with Crippen LogP contribution in [-0.2, 0) is 6.54 Å². The van der Waals surface area contributed by atoms with Crippen molar-refractivity contribution in [3.8, 4) is 0 Å². The van der Waals surface area contributed by atoms with Crippen LogP contribution in [0.3, 0.4) is 0 Å². The van der Waals surface area contributed by atoms with Crippen molar-refractivity contribution >= 4 is 17.2 Å². The second-order valence-corrected chi connectivity index (χ2v) is 3.45. The Bertz CT molecular complexity index is 395. The smallest absolute Gasteiger partial charge is 0.273 e. The summed E-state index contributed by atoms with van der Waals surface area (Å²) < 4.78 is 0. The van der Waals surface area contributed by atoms with E-state index in [-0.39, 0.29) is 5.91 Å². The highest BCUT2D eigenvalue weighted by atomic mass is 32.1. The minimum Gasteiger partial charge on any atom is -0.346 e. The molecular formula is C8H8N4OS. The van der Waals surface area contributed by atoms with Crippen LogP contribution < -0.4 is 5.32 Å². The summed E-state index contributed by atoms with van der Waals surface area (Å²) in [6.45, 7) is 0.523. The SMILES string of the molecule is O=C(NCc1ccsc1)c1cn[nH]n1. The molecule has 0 aliphatic carbocycles. The Kier molecular flexibility index (Phi) is 2.55. The number of nitrogens with one attached hydrogen (secondary N) is 2. The first-order chi connectivity index (χ1) is 6.86. The Balaban J connectivity index is 1.90. The van der Waals surface area contributed by atoms with Gasteiger partial charge in [0, 0.05) is 6.54 Å². The van der Waals surface area contributed by atoms with E-state index in [0.717, 1.165) is 5.56 Å². The van der Waals surface area contributed by atoms with E-state index in [4.69, 9.17) is 0 Å². The van der Waals surface area contributed by atoms with Gasteiger partial charge >= 0.3 is 0 Å². The van der Waals surface area contributed by atoms with E-state index in [1.165, 1.54) is 6.20 Å². The van der Waals surface area contributed by atoms with Gasteiger partial charge in [-0.15, -0.1) is 0 Å². The van der Waals surface area contributed by atoms with Crippen molar-refractivity contribution in [1.29, 1.82) is 0 Å². The number of aromatic amines is 1. The summed E-state index contributed by atoms with van der Waals surface area (Å²) in [6, 6.07) is 1.97. The summed E-state index contributed by atoms with van der Waals surface area (Å²) in [5, 5.41) is 16.3. The zero-order valence-electron chi connectivity index (χ0n) is 7.23. The molecule has 0 saturated carbocycles. The Hall–Kier alpha value is -1.69. The zero-order chi connectivity index (χ0) is 9.80. The summed E-state index contributed by atoms with van der Waals surface area (Å²) in [6.07, 6.45) is 1.39. The van der Waals surface area contributed by atoms with Gasteiger partial charge in [-0.05, 0) is 22.4 Å². The van der Waals surface area contributed by atoms with E-state index in [1.807, 2.05) is 16.8 Å². The van der Waals surface area contributed by atoms with E-state index < -0.39 is 0 Å². The second kappa shape index (κ2) is 4.01. The Labute approximate surface area is 84.2 Å². The summed E-state index contributed by atoms with van der Waals surface area (Å²) in [5.74, 6) is -0.218. The molecule has 0 aromatic carbocycles. The van der Waals surface area contributed by atoms with E-state index in [9.17, 15) is 4.79 Å². The van der Waals surface area contributed by atoms with Crippen molar-refractivity contribution in [2.75, 3.05) is 0 Å². The molecule has 0 atom stereocenters.